The molecule has 7 heteroatoms. The fraction of sp³-hybridized carbons (Fsp3) is 0.444. The van der Waals surface area contributed by atoms with Gasteiger partial charge in [-0.15, -0.1) is 0 Å². The standard InChI is InChI=1S/C27H30N2O5/c1-2-17(24(30)29-14-23(25(31)32)27(16-29)11-12-27)13-28-26(33)34-15-22-20-9-5-3-7-18(20)19-8-4-6-10-21(19)22/h3-10,17,22-23H,2,11-16H2,1H3,(H,28,33)(H,31,32). The number of hydrogen-bond acceptors (Lipinski definition) is 4. The minimum atomic E-state index is -0.822. The molecule has 2 atom stereocenters. The van der Waals surface area contributed by atoms with Crippen LogP contribution in [0.4, 0.5) is 4.79 Å². The Hall–Kier alpha value is -3.35. The highest BCUT2D eigenvalue weighted by molar-refractivity contribution is 5.82. The molecule has 2 aromatic rings. The zero-order valence-corrected chi connectivity index (χ0v) is 19.3. The number of carbonyl (C=O) groups excluding carboxylic acids is 2. The molecule has 2 aromatic carbocycles. The van der Waals surface area contributed by atoms with E-state index < -0.39 is 23.9 Å². The van der Waals surface area contributed by atoms with Gasteiger partial charge in [-0.05, 0) is 41.5 Å². The summed E-state index contributed by atoms with van der Waals surface area (Å²) >= 11 is 0. The molecular formula is C27H30N2O5. The van der Waals surface area contributed by atoms with E-state index in [1.807, 2.05) is 31.2 Å². The lowest BCUT2D eigenvalue weighted by molar-refractivity contribution is -0.143. The SMILES string of the molecule is CCC(CNC(=O)OCC1c2ccccc2-c2ccccc21)C(=O)N1CC(C(=O)O)C2(CC2)C1. The molecule has 0 bridgehead atoms. The Balaban J connectivity index is 1.16. The molecule has 2 fully saturated rings. The maximum absolute atomic E-state index is 13.1. The van der Waals surface area contributed by atoms with Gasteiger partial charge in [0.2, 0.25) is 5.91 Å². The summed E-state index contributed by atoms with van der Waals surface area (Å²) in [6.07, 6.45) is 1.74. The van der Waals surface area contributed by atoms with E-state index in [1.54, 1.807) is 4.90 Å². The first-order valence-electron chi connectivity index (χ1n) is 12.0. The van der Waals surface area contributed by atoms with Crippen LogP contribution in [0.5, 0.6) is 0 Å². The van der Waals surface area contributed by atoms with E-state index in [2.05, 4.69) is 29.6 Å². The first-order chi connectivity index (χ1) is 16.4. The van der Waals surface area contributed by atoms with E-state index in [0.29, 0.717) is 13.0 Å². The Bertz CT molecular complexity index is 1080. The van der Waals surface area contributed by atoms with Crippen molar-refractivity contribution in [3.63, 3.8) is 0 Å². The van der Waals surface area contributed by atoms with E-state index in [9.17, 15) is 19.5 Å². The summed E-state index contributed by atoms with van der Waals surface area (Å²) in [5.41, 5.74) is 4.40. The van der Waals surface area contributed by atoms with Crippen molar-refractivity contribution in [2.45, 2.75) is 32.1 Å². The number of benzene rings is 2. The fourth-order valence-electron chi connectivity index (χ4n) is 5.66. The van der Waals surface area contributed by atoms with Gasteiger partial charge >= 0.3 is 12.1 Å². The predicted molar refractivity (Wildman–Crippen MR) is 126 cm³/mol. The van der Waals surface area contributed by atoms with Gasteiger partial charge < -0.3 is 20.1 Å². The van der Waals surface area contributed by atoms with Gasteiger partial charge in [-0.25, -0.2) is 4.79 Å². The quantitative estimate of drug-likeness (QED) is 0.651. The first-order valence-corrected chi connectivity index (χ1v) is 12.0. The molecule has 1 spiro atoms. The van der Waals surface area contributed by atoms with E-state index in [1.165, 1.54) is 11.1 Å². The molecule has 2 aliphatic carbocycles. The van der Waals surface area contributed by atoms with Crippen LogP contribution in [-0.4, -0.2) is 54.2 Å². The number of amides is 2. The smallest absolute Gasteiger partial charge is 0.407 e. The number of likely N-dealkylation sites (tertiary alicyclic amines) is 1. The highest BCUT2D eigenvalue weighted by Crippen LogP contribution is 2.56. The van der Waals surface area contributed by atoms with Crippen LogP contribution < -0.4 is 5.32 Å². The van der Waals surface area contributed by atoms with Gasteiger partial charge in [-0.3, -0.25) is 9.59 Å². The Morgan fingerprint density at radius 3 is 2.24 bits per heavy atom. The van der Waals surface area contributed by atoms with Crippen molar-refractivity contribution in [1.29, 1.82) is 0 Å². The molecule has 2 amide bonds. The molecule has 2 N–H and O–H groups in total. The zero-order chi connectivity index (χ0) is 23.9. The number of ether oxygens (including phenoxy) is 1. The number of alkyl carbamates (subject to hydrolysis) is 1. The van der Waals surface area contributed by atoms with Crippen molar-refractivity contribution >= 4 is 18.0 Å². The van der Waals surface area contributed by atoms with Crippen molar-refractivity contribution in [3.05, 3.63) is 59.7 Å². The topological polar surface area (TPSA) is 95.9 Å². The van der Waals surface area contributed by atoms with Crippen molar-refractivity contribution < 1.29 is 24.2 Å². The molecular weight excluding hydrogens is 432 g/mol. The van der Waals surface area contributed by atoms with Crippen molar-refractivity contribution in [3.8, 4) is 11.1 Å². The number of nitrogens with zero attached hydrogens (tertiary/aromatic N) is 1. The molecule has 1 saturated carbocycles. The van der Waals surface area contributed by atoms with Gasteiger partial charge in [-0.2, -0.15) is 0 Å². The van der Waals surface area contributed by atoms with Crippen LogP contribution in [0, 0.1) is 17.3 Å². The molecule has 34 heavy (non-hydrogen) atoms. The van der Waals surface area contributed by atoms with Crippen LogP contribution in [0.15, 0.2) is 48.5 Å². The van der Waals surface area contributed by atoms with Crippen molar-refractivity contribution in [1.82, 2.24) is 10.2 Å². The number of hydrogen-bond donors (Lipinski definition) is 2. The van der Waals surface area contributed by atoms with Gasteiger partial charge in [-0.1, -0.05) is 55.5 Å². The maximum atomic E-state index is 13.1. The Kier molecular flexibility index (Phi) is 5.80. The van der Waals surface area contributed by atoms with Crippen LogP contribution in [0.1, 0.15) is 43.2 Å². The summed E-state index contributed by atoms with van der Waals surface area (Å²) < 4.78 is 5.58. The predicted octanol–water partition coefficient (Wildman–Crippen LogP) is 3.87. The average molecular weight is 463 g/mol. The van der Waals surface area contributed by atoms with E-state index >= 15 is 0 Å². The largest absolute Gasteiger partial charge is 0.481 e. The van der Waals surface area contributed by atoms with Crippen molar-refractivity contribution in [2.24, 2.45) is 17.3 Å². The van der Waals surface area contributed by atoms with Gasteiger partial charge in [0.25, 0.3) is 0 Å². The fourth-order valence-corrected chi connectivity index (χ4v) is 5.66. The third kappa shape index (κ3) is 3.93. The van der Waals surface area contributed by atoms with Crippen LogP contribution >= 0.6 is 0 Å². The summed E-state index contributed by atoms with van der Waals surface area (Å²) in [4.78, 5) is 38.8. The lowest BCUT2D eigenvalue weighted by atomic mass is 9.93. The van der Waals surface area contributed by atoms with Crippen LogP contribution in [0.25, 0.3) is 11.1 Å². The minimum absolute atomic E-state index is 0.0194. The van der Waals surface area contributed by atoms with Gasteiger partial charge in [0.1, 0.15) is 6.61 Å². The minimum Gasteiger partial charge on any atom is -0.481 e. The van der Waals surface area contributed by atoms with Gasteiger partial charge in [0.05, 0.1) is 11.8 Å². The lowest BCUT2D eigenvalue weighted by Crippen LogP contribution is -2.41. The normalized spacial score (nSPS) is 20.5. The number of carboxylic acids is 1. The number of aliphatic carboxylic acids is 1. The molecule has 0 aromatic heterocycles. The van der Waals surface area contributed by atoms with Crippen LogP contribution in [0.3, 0.4) is 0 Å². The van der Waals surface area contributed by atoms with Crippen LogP contribution in [0.2, 0.25) is 0 Å². The van der Waals surface area contributed by atoms with E-state index in [0.717, 1.165) is 24.0 Å². The van der Waals surface area contributed by atoms with Gasteiger partial charge in [0, 0.05) is 31.0 Å². The summed E-state index contributed by atoms with van der Waals surface area (Å²) in [5.74, 6) is -1.81. The Morgan fingerprint density at radius 1 is 1.09 bits per heavy atom. The number of carboxylic acid groups (broad SMARTS) is 1. The molecule has 3 aliphatic rings. The van der Waals surface area contributed by atoms with Gasteiger partial charge in [0.15, 0.2) is 0 Å². The highest BCUT2D eigenvalue weighted by Gasteiger charge is 2.59. The molecule has 178 valence electrons. The molecule has 1 aliphatic heterocycles. The summed E-state index contributed by atoms with van der Waals surface area (Å²) in [5, 5.41) is 12.3. The molecule has 1 saturated heterocycles. The number of carbonyl (C=O) groups is 3. The molecule has 1 heterocycles. The number of fused-ring (bicyclic) bond motifs is 3. The maximum Gasteiger partial charge on any atom is 0.407 e. The first kappa shape index (κ1) is 22.4. The molecule has 0 radical (unpaired) electrons. The summed E-state index contributed by atoms with van der Waals surface area (Å²) in [6, 6.07) is 16.3. The number of rotatable bonds is 7. The summed E-state index contributed by atoms with van der Waals surface area (Å²) in [7, 11) is 0. The van der Waals surface area contributed by atoms with E-state index in [-0.39, 0.29) is 36.9 Å². The average Bonchev–Trinajstić information content (AvgIpc) is 3.39. The lowest BCUT2D eigenvalue weighted by Gasteiger charge is -2.23. The Morgan fingerprint density at radius 2 is 1.71 bits per heavy atom. The summed E-state index contributed by atoms with van der Waals surface area (Å²) in [6.45, 7) is 3.06. The second-order valence-electron chi connectivity index (χ2n) is 9.78. The van der Waals surface area contributed by atoms with E-state index in [4.69, 9.17) is 4.74 Å². The van der Waals surface area contributed by atoms with Crippen LogP contribution in [-0.2, 0) is 14.3 Å². The third-order valence-corrected chi connectivity index (χ3v) is 7.83. The second kappa shape index (κ2) is 8.78. The zero-order valence-electron chi connectivity index (χ0n) is 19.3. The third-order valence-electron chi connectivity index (χ3n) is 7.83. The van der Waals surface area contributed by atoms with Crippen molar-refractivity contribution in [2.75, 3.05) is 26.2 Å². The molecule has 2 unspecified atom stereocenters. The number of nitrogens with one attached hydrogen (secondary N) is 1. The second-order valence-corrected chi connectivity index (χ2v) is 9.78. The Labute approximate surface area is 199 Å². The molecule has 5 rings (SSSR count). The monoisotopic (exact) mass is 462 g/mol. The highest BCUT2D eigenvalue weighted by atomic mass is 16.5. The molecule has 7 nitrogen and oxygen atoms in total.